The van der Waals surface area contributed by atoms with Gasteiger partial charge in [-0.1, -0.05) is 32.0 Å². The molecule has 0 saturated carbocycles. The largest absolute Gasteiger partial charge is 0.389 e. The molecule has 1 unspecified atom stereocenters. The van der Waals surface area contributed by atoms with Crippen molar-refractivity contribution in [2.75, 3.05) is 14.2 Å². The van der Waals surface area contributed by atoms with Crippen LogP contribution in [0.2, 0.25) is 0 Å². The molecule has 1 atom stereocenters. The first-order valence-electron chi connectivity index (χ1n) is 9.33. The van der Waals surface area contributed by atoms with Crippen molar-refractivity contribution in [2.24, 2.45) is 0 Å². The van der Waals surface area contributed by atoms with Gasteiger partial charge in [-0.05, 0) is 12.4 Å². The molecule has 0 amide bonds. The lowest BCUT2D eigenvalue weighted by molar-refractivity contribution is -0.0671. The second kappa shape index (κ2) is 9.19. The van der Waals surface area contributed by atoms with Gasteiger partial charge < -0.3 is 14.6 Å². The standard InChI is InChI=1S/C11H22O3/c1-4-5-6-7-10(12)8-9-11(13-2)14-3/h8-12H,4-7H2,1-3H3/b9-8+/i1D3,4D2,5D2,6D2,7D2. The molecule has 0 aromatic heterocycles. The fraction of sp³-hybridized carbons (Fsp3) is 0.818. The van der Waals surface area contributed by atoms with Crippen molar-refractivity contribution < 1.29 is 29.7 Å². The highest BCUT2D eigenvalue weighted by Gasteiger charge is 2.01. The normalized spacial score (nSPS) is 30.7. The lowest BCUT2D eigenvalue weighted by atomic mass is 10.1. The number of ether oxygens (including phenoxy) is 2. The van der Waals surface area contributed by atoms with E-state index in [1.54, 1.807) is 0 Å². The van der Waals surface area contributed by atoms with E-state index in [9.17, 15) is 5.11 Å². The summed E-state index contributed by atoms with van der Waals surface area (Å²) in [4.78, 5) is 0. The molecule has 0 saturated heterocycles. The molecule has 0 aliphatic rings. The molecule has 0 radical (unpaired) electrons. The van der Waals surface area contributed by atoms with Crippen LogP contribution >= 0.6 is 0 Å². The van der Waals surface area contributed by atoms with Crippen LogP contribution in [0.4, 0.5) is 0 Å². The number of methoxy groups -OCH3 is 2. The van der Waals surface area contributed by atoms with Crippen LogP contribution in [0.3, 0.4) is 0 Å². The highest BCUT2D eigenvalue weighted by Crippen LogP contribution is 2.05. The van der Waals surface area contributed by atoms with Crippen molar-refractivity contribution in [3.05, 3.63) is 12.2 Å². The van der Waals surface area contributed by atoms with Crippen molar-refractivity contribution in [3.63, 3.8) is 0 Å². The number of hydrogen-bond donors (Lipinski definition) is 1. The summed E-state index contributed by atoms with van der Waals surface area (Å²) < 4.78 is 92.1. The van der Waals surface area contributed by atoms with Crippen molar-refractivity contribution in [2.45, 2.75) is 44.7 Å². The molecule has 0 aromatic carbocycles. The summed E-state index contributed by atoms with van der Waals surface area (Å²) in [7, 11) is 2.50. The minimum absolute atomic E-state index is 0.760. The maximum Gasteiger partial charge on any atom is 0.176 e. The van der Waals surface area contributed by atoms with Gasteiger partial charge in [0.1, 0.15) is 0 Å². The first-order chi connectivity index (χ1) is 10.9. The van der Waals surface area contributed by atoms with Gasteiger partial charge in [-0.25, -0.2) is 0 Å². The quantitative estimate of drug-likeness (QED) is 0.496. The Hall–Kier alpha value is -0.380. The van der Waals surface area contributed by atoms with Crippen LogP contribution in [0.5, 0.6) is 0 Å². The minimum Gasteiger partial charge on any atom is -0.389 e. The third-order valence-corrected chi connectivity index (χ3v) is 1.26. The Morgan fingerprint density at radius 3 is 2.64 bits per heavy atom. The van der Waals surface area contributed by atoms with Gasteiger partial charge in [0.15, 0.2) is 6.29 Å². The summed E-state index contributed by atoms with van der Waals surface area (Å²) in [6.07, 6.45) is -16.0. The SMILES string of the molecule is [2H]C([2H])([2H])C([2H])([2H])C([2H])([2H])C([2H])([2H])C([2H])([2H])C(O)/C=C/C(OC)OC. The maximum absolute atomic E-state index is 9.94. The van der Waals surface area contributed by atoms with E-state index < -0.39 is 44.7 Å². The number of aliphatic hydroxyl groups is 1. The van der Waals surface area contributed by atoms with Crippen molar-refractivity contribution in [3.8, 4) is 0 Å². The van der Waals surface area contributed by atoms with E-state index in [2.05, 4.69) is 0 Å². The highest BCUT2D eigenvalue weighted by molar-refractivity contribution is 4.90. The summed E-state index contributed by atoms with van der Waals surface area (Å²) in [6, 6.07) is 0. The average molecular weight is 213 g/mol. The van der Waals surface area contributed by atoms with E-state index in [1.165, 1.54) is 14.2 Å². The van der Waals surface area contributed by atoms with Crippen LogP contribution in [0.1, 0.15) is 47.4 Å². The lowest BCUT2D eigenvalue weighted by Gasteiger charge is -2.09. The molecule has 3 heteroatoms. The van der Waals surface area contributed by atoms with Crippen LogP contribution in [0.15, 0.2) is 12.2 Å². The van der Waals surface area contributed by atoms with E-state index in [-0.39, 0.29) is 0 Å². The fourth-order valence-electron chi connectivity index (χ4n) is 0.639. The number of rotatable bonds is 8. The minimum atomic E-state index is -3.80. The Kier molecular flexibility index (Phi) is 2.55. The Bertz CT molecular complexity index is 468. The van der Waals surface area contributed by atoms with E-state index in [1.807, 2.05) is 0 Å². The molecule has 0 aliphatic heterocycles. The second-order valence-corrected chi connectivity index (χ2v) is 2.19. The topological polar surface area (TPSA) is 38.7 Å². The molecule has 0 heterocycles. The first kappa shape index (κ1) is 3.89. The van der Waals surface area contributed by atoms with E-state index in [0.29, 0.717) is 0 Å². The molecule has 1 N–H and O–H groups in total. The van der Waals surface area contributed by atoms with Gasteiger partial charge in [-0.3, -0.25) is 0 Å². The lowest BCUT2D eigenvalue weighted by Crippen LogP contribution is -2.11. The van der Waals surface area contributed by atoms with E-state index in [0.717, 1.165) is 12.2 Å². The molecule has 0 aromatic rings. The summed E-state index contributed by atoms with van der Waals surface area (Å²) in [5, 5.41) is 9.94. The van der Waals surface area contributed by atoms with Crippen molar-refractivity contribution >= 4 is 0 Å². The van der Waals surface area contributed by atoms with Crippen LogP contribution in [-0.2, 0) is 9.47 Å². The van der Waals surface area contributed by atoms with Crippen LogP contribution in [0, 0.1) is 0 Å². The molecule has 0 aliphatic carbocycles. The van der Waals surface area contributed by atoms with Gasteiger partial charge in [-0.15, -0.1) is 0 Å². The zero-order valence-corrected chi connectivity index (χ0v) is 8.07. The molecule has 0 bridgehead atoms. The Balaban J connectivity index is 5.88. The zero-order chi connectivity index (χ0) is 20.5. The summed E-state index contributed by atoms with van der Waals surface area (Å²) >= 11 is 0. The first-order valence-corrected chi connectivity index (χ1v) is 3.83. The summed E-state index contributed by atoms with van der Waals surface area (Å²) in [5.74, 6) is 0. The van der Waals surface area contributed by atoms with Gasteiger partial charge in [0.2, 0.25) is 0 Å². The molecule has 0 fully saturated rings. The third-order valence-electron chi connectivity index (χ3n) is 1.26. The Morgan fingerprint density at radius 2 is 2.07 bits per heavy atom. The molecule has 0 spiro atoms. The Morgan fingerprint density at radius 1 is 1.36 bits per heavy atom. The number of aliphatic hydroxyl groups excluding tert-OH is 1. The highest BCUT2D eigenvalue weighted by atomic mass is 16.7. The van der Waals surface area contributed by atoms with Gasteiger partial charge in [0, 0.05) is 29.3 Å². The monoisotopic (exact) mass is 213 g/mol. The summed E-state index contributed by atoms with van der Waals surface area (Å²) in [5.41, 5.74) is 0. The van der Waals surface area contributed by atoms with Gasteiger partial charge in [0.05, 0.1) is 6.10 Å². The third kappa shape index (κ3) is 7.06. The van der Waals surface area contributed by atoms with E-state index in [4.69, 9.17) is 24.6 Å². The van der Waals surface area contributed by atoms with E-state index >= 15 is 0 Å². The maximum atomic E-state index is 9.94. The molecular weight excluding hydrogens is 180 g/mol. The predicted octanol–water partition coefficient (Wildman–Crippen LogP) is 2.10. The summed E-state index contributed by atoms with van der Waals surface area (Å²) in [6.45, 7) is -3.56. The second-order valence-electron chi connectivity index (χ2n) is 2.19. The number of hydrogen-bond acceptors (Lipinski definition) is 3. The zero-order valence-electron chi connectivity index (χ0n) is 19.1. The van der Waals surface area contributed by atoms with Crippen molar-refractivity contribution in [1.82, 2.24) is 0 Å². The smallest absolute Gasteiger partial charge is 0.176 e. The fourth-order valence-corrected chi connectivity index (χ4v) is 0.639. The van der Waals surface area contributed by atoms with Crippen molar-refractivity contribution in [1.29, 1.82) is 0 Å². The van der Waals surface area contributed by atoms with Crippen LogP contribution in [0.25, 0.3) is 0 Å². The van der Waals surface area contributed by atoms with Gasteiger partial charge in [0.25, 0.3) is 0 Å². The van der Waals surface area contributed by atoms with Gasteiger partial charge in [-0.2, -0.15) is 0 Å². The average Bonchev–Trinajstić information content (AvgIpc) is 2.46. The van der Waals surface area contributed by atoms with Gasteiger partial charge >= 0.3 is 0 Å². The van der Waals surface area contributed by atoms with Crippen LogP contribution in [-0.4, -0.2) is 31.7 Å². The van der Waals surface area contributed by atoms with Crippen LogP contribution < -0.4 is 0 Å². The Labute approximate surface area is 102 Å². The molecule has 3 nitrogen and oxygen atoms in total. The molecule has 84 valence electrons. The predicted molar refractivity (Wildman–Crippen MR) is 57.1 cm³/mol. The molecule has 14 heavy (non-hydrogen) atoms. The molecule has 0 rings (SSSR count). The molecular formula is C11H22O3.